The first-order valence-corrected chi connectivity index (χ1v) is 6.58. The maximum atomic E-state index is 11.9. The van der Waals surface area contributed by atoms with Gasteiger partial charge in [0, 0.05) is 19.2 Å². The SMILES string of the molecule is COc1ccc(C(=O)NCCNC(=O)c2ccco2)c(O)c1. The van der Waals surface area contributed by atoms with E-state index in [0.29, 0.717) is 5.75 Å². The number of phenols is 1. The highest BCUT2D eigenvalue weighted by molar-refractivity contribution is 5.97. The second-order valence-corrected chi connectivity index (χ2v) is 4.37. The van der Waals surface area contributed by atoms with Gasteiger partial charge in [0.25, 0.3) is 11.8 Å². The molecular formula is C15H16N2O5. The molecule has 22 heavy (non-hydrogen) atoms. The first-order chi connectivity index (χ1) is 10.6. The summed E-state index contributed by atoms with van der Waals surface area (Å²) < 4.78 is 9.88. The summed E-state index contributed by atoms with van der Waals surface area (Å²) in [7, 11) is 1.47. The summed E-state index contributed by atoms with van der Waals surface area (Å²) in [6.45, 7) is 0.457. The number of ether oxygens (including phenoxy) is 1. The standard InChI is InChI=1S/C15H16N2O5/c1-21-10-4-5-11(12(18)9-10)14(19)16-6-7-17-15(20)13-3-2-8-22-13/h2-5,8-9,18H,6-7H2,1H3,(H,16,19)(H,17,20). The molecule has 2 amide bonds. The van der Waals surface area contributed by atoms with E-state index in [0.717, 1.165) is 0 Å². The fourth-order valence-corrected chi connectivity index (χ4v) is 1.77. The molecule has 0 fully saturated rings. The molecule has 0 aliphatic heterocycles. The molecule has 0 saturated carbocycles. The highest BCUT2D eigenvalue weighted by Crippen LogP contribution is 2.22. The van der Waals surface area contributed by atoms with Crippen molar-refractivity contribution in [1.82, 2.24) is 10.6 Å². The van der Waals surface area contributed by atoms with E-state index < -0.39 is 5.91 Å². The topological polar surface area (TPSA) is 101 Å². The van der Waals surface area contributed by atoms with Crippen LogP contribution >= 0.6 is 0 Å². The number of phenolic OH excluding ortho intramolecular Hbond substituents is 1. The summed E-state index contributed by atoms with van der Waals surface area (Å²) >= 11 is 0. The van der Waals surface area contributed by atoms with Crippen LogP contribution in [0, 0.1) is 0 Å². The van der Waals surface area contributed by atoms with E-state index in [9.17, 15) is 14.7 Å². The van der Waals surface area contributed by atoms with Crippen molar-refractivity contribution in [3.05, 3.63) is 47.9 Å². The number of furan rings is 1. The van der Waals surface area contributed by atoms with Gasteiger partial charge in [0.05, 0.1) is 18.9 Å². The predicted molar refractivity (Wildman–Crippen MR) is 78.0 cm³/mol. The Morgan fingerprint density at radius 3 is 2.50 bits per heavy atom. The number of hydrogen-bond donors (Lipinski definition) is 3. The summed E-state index contributed by atoms with van der Waals surface area (Å²) in [4.78, 5) is 23.5. The van der Waals surface area contributed by atoms with Crippen LogP contribution in [0.1, 0.15) is 20.9 Å². The zero-order valence-electron chi connectivity index (χ0n) is 12.0. The quantitative estimate of drug-likeness (QED) is 0.695. The van der Waals surface area contributed by atoms with Gasteiger partial charge in [-0.15, -0.1) is 0 Å². The van der Waals surface area contributed by atoms with Crippen molar-refractivity contribution in [2.75, 3.05) is 20.2 Å². The maximum Gasteiger partial charge on any atom is 0.287 e. The highest BCUT2D eigenvalue weighted by Gasteiger charge is 2.12. The molecule has 0 bridgehead atoms. The molecule has 0 spiro atoms. The van der Waals surface area contributed by atoms with Gasteiger partial charge in [-0.25, -0.2) is 0 Å². The summed E-state index contributed by atoms with van der Waals surface area (Å²) in [5.74, 6) is -0.297. The number of carbonyl (C=O) groups is 2. The number of rotatable bonds is 6. The molecule has 1 aromatic carbocycles. The minimum Gasteiger partial charge on any atom is -0.507 e. The Kier molecular flexibility index (Phi) is 5.02. The number of aromatic hydroxyl groups is 1. The molecule has 2 aromatic rings. The van der Waals surface area contributed by atoms with Gasteiger partial charge < -0.3 is 24.9 Å². The van der Waals surface area contributed by atoms with Crippen molar-refractivity contribution in [3.8, 4) is 11.5 Å². The van der Waals surface area contributed by atoms with Crippen LogP contribution in [0.4, 0.5) is 0 Å². The molecule has 1 heterocycles. The van der Waals surface area contributed by atoms with Crippen LogP contribution in [-0.2, 0) is 0 Å². The van der Waals surface area contributed by atoms with Crippen molar-refractivity contribution in [2.24, 2.45) is 0 Å². The summed E-state index contributed by atoms with van der Waals surface area (Å²) in [6.07, 6.45) is 1.41. The Morgan fingerprint density at radius 2 is 1.91 bits per heavy atom. The molecule has 0 unspecified atom stereocenters. The second-order valence-electron chi connectivity index (χ2n) is 4.37. The van der Waals surface area contributed by atoms with Crippen LogP contribution in [0.25, 0.3) is 0 Å². The normalized spacial score (nSPS) is 10.0. The Labute approximate surface area is 126 Å². The zero-order chi connectivity index (χ0) is 15.9. The third kappa shape index (κ3) is 3.78. The molecule has 7 nitrogen and oxygen atoms in total. The lowest BCUT2D eigenvalue weighted by molar-refractivity contribution is 0.0909. The Morgan fingerprint density at radius 1 is 1.18 bits per heavy atom. The third-order valence-electron chi connectivity index (χ3n) is 2.89. The lowest BCUT2D eigenvalue weighted by atomic mass is 10.2. The first kappa shape index (κ1) is 15.4. The van der Waals surface area contributed by atoms with E-state index in [4.69, 9.17) is 9.15 Å². The average Bonchev–Trinajstić information content (AvgIpc) is 3.05. The van der Waals surface area contributed by atoms with E-state index in [1.807, 2.05) is 0 Å². The lowest BCUT2D eigenvalue weighted by Crippen LogP contribution is -2.34. The van der Waals surface area contributed by atoms with Gasteiger partial charge in [0.15, 0.2) is 5.76 Å². The van der Waals surface area contributed by atoms with Gasteiger partial charge >= 0.3 is 0 Å². The number of carbonyl (C=O) groups excluding carboxylic acids is 2. The average molecular weight is 304 g/mol. The van der Waals surface area contributed by atoms with Crippen LogP contribution in [-0.4, -0.2) is 37.1 Å². The van der Waals surface area contributed by atoms with E-state index in [1.165, 1.54) is 25.5 Å². The minimum absolute atomic E-state index is 0.137. The molecule has 3 N–H and O–H groups in total. The predicted octanol–water partition coefficient (Wildman–Crippen LogP) is 1.15. The van der Waals surface area contributed by atoms with Crippen LogP contribution in [0.2, 0.25) is 0 Å². The van der Waals surface area contributed by atoms with Crippen molar-refractivity contribution >= 4 is 11.8 Å². The third-order valence-corrected chi connectivity index (χ3v) is 2.89. The highest BCUT2D eigenvalue weighted by atomic mass is 16.5. The largest absolute Gasteiger partial charge is 0.507 e. The molecular weight excluding hydrogens is 288 g/mol. The number of methoxy groups -OCH3 is 1. The van der Waals surface area contributed by atoms with Gasteiger partial charge in [0.2, 0.25) is 0 Å². The lowest BCUT2D eigenvalue weighted by Gasteiger charge is -2.08. The molecule has 0 aliphatic carbocycles. The number of benzene rings is 1. The number of hydrogen-bond acceptors (Lipinski definition) is 5. The van der Waals surface area contributed by atoms with Gasteiger partial charge in [-0.3, -0.25) is 9.59 Å². The van der Waals surface area contributed by atoms with E-state index in [1.54, 1.807) is 18.2 Å². The molecule has 2 rings (SSSR count). The Bertz CT molecular complexity index is 652. The number of nitrogens with one attached hydrogen (secondary N) is 2. The van der Waals surface area contributed by atoms with E-state index in [-0.39, 0.29) is 36.1 Å². The van der Waals surface area contributed by atoms with Crippen LogP contribution in [0.15, 0.2) is 41.0 Å². The summed E-state index contributed by atoms with van der Waals surface area (Å²) in [6, 6.07) is 7.55. The van der Waals surface area contributed by atoms with Crippen LogP contribution in [0.3, 0.4) is 0 Å². The fourth-order valence-electron chi connectivity index (χ4n) is 1.77. The van der Waals surface area contributed by atoms with Crippen molar-refractivity contribution in [3.63, 3.8) is 0 Å². The monoisotopic (exact) mass is 304 g/mol. The smallest absolute Gasteiger partial charge is 0.287 e. The summed E-state index contributed by atoms with van der Waals surface area (Å²) in [5, 5.41) is 14.9. The Hall–Kier alpha value is -2.96. The Balaban J connectivity index is 1.79. The number of amides is 2. The van der Waals surface area contributed by atoms with Crippen molar-refractivity contribution in [1.29, 1.82) is 0 Å². The summed E-state index contributed by atoms with van der Waals surface area (Å²) in [5.41, 5.74) is 0.137. The zero-order valence-corrected chi connectivity index (χ0v) is 12.0. The maximum absolute atomic E-state index is 11.9. The van der Waals surface area contributed by atoms with E-state index in [2.05, 4.69) is 10.6 Å². The van der Waals surface area contributed by atoms with Crippen LogP contribution < -0.4 is 15.4 Å². The molecule has 7 heteroatoms. The molecule has 0 atom stereocenters. The van der Waals surface area contributed by atoms with Gasteiger partial charge in [0.1, 0.15) is 11.5 Å². The van der Waals surface area contributed by atoms with Gasteiger partial charge in [-0.2, -0.15) is 0 Å². The van der Waals surface area contributed by atoms with Crippen molar-refractivity contribution < 1.29 is 23.8 Å². The molecule has 1 aromatic heterocycles. The van der Waals surface area contributed by atoms with Crippen LogP contribution in [0.5, 0.6) is 11.5 Å². The fraction of sp³-hybridized carbons (Fsp3) is 0.200. The minimum atomic E-state index is -0.438. The molecule has 0 saturated heterocycles. The van der Waals surface area contributed by atoms with E-state index >= 15 is 0 Å². The molecule has 0 radical (unpaired) electrons. The van der Waals surface area contributed by atoms with Crippen molar-refractivity contribution in [2.45, 2.75) is 0 Å². The van der Waals surface area contributed by atoms with Gasteiger partial charge in [-0.1, -0.05) is 0 Å². The van der Waals surface area contributed by atoms with Gasteiger partial charge in [-0.05, 0) is 24.3 Å². The first-order valence-electron chi connectivity index (χ1n) is 6.58. The second kappa shape index (κ2) is 7.16. The molecule has 0 aliphatic rings. The molecule has 116 valence electrons.